The van der Waals surface area contributed by atoms with Gasteiger partial charge in [-0.25, -0.2) is 14.7 Å². The normalized spacial score (nSPS) is 23.1. The number of carbonyl (C=O) groups excluding carboxylic acids is 2. The van der Waals surface area contributed by atoms with Crippen LogP contribution in [0.15, 0.2) is 23.3 Å². The fourth-order valence-corrected chi connectivity index (χ4v) is 4.24. The molecule has 9 heteroatoms. The van der Waals surface area contributed by atoms with Gasteiger partial charge in [0.25, 0.3) is 5.91 Å². The number of aromatic hydroxyl groups is 1. The van der Waals surface area contributed by atoms with Crippen LogP contribution in [-0.2, 0) is 4.79 Å². The summed E-state index contributed by atoms with van der Waals surface area (Å²) in [4.78, 5) is 31.9. The summed E-state index contributed by atoms with van der Waals surface area (Å²) < 4.78 is 5.62. The van der Waals surface area contributed by atoms with Gasteiger partial charge in [-0.05, 0) is 31.7 Å². The highest BCUT2D eigenvalue weighted by molar-refractivity contribution is 6.06. The lowest BCUT2D eigenvalue weighted by molar-refractivity contribution is -0.130. The van der Waals surface area contributed by atoms with E-state index in [1.807, 2.05) is 0 Å². The molecular weight excluding hydrogens is 386 g/mol. The van der Waals surface area contributed by atoms with Crippen molar-refractivity contribution >= 4 is 17.6 Å². The number of piperazine rings is 1. The number of hydrogen-bond acceptors (Lipinski definition) is 7. The summed E-state index contributed by atoms with van der Waals surface area (Å²) in [6.45, 7) is 5.94. The summed E-state index contributed by atoms with van der Waals surface area (Å²) in [6, 6.07) is 4.45. The van der Waals surface area contributed by atoms with Crippen LogP contribution in [0.1, 0.15) is 31.7 Å². The number of hydrazone groups is 1. The molecule has 1 unspecified atom stereocenters. The van der Waals surface area contributed by atoms with E-state index in [9.17, 15) is 14.7 Å². The maximum atomic E-state index is 13.2. The average molecular weight is 415 g/mol. The number of fused-ring (bicyclic) bond motifs is 1. The summed E-state index contributed by atoms with van der Waals surface area (Å²) >= 11 is 0. The number of hydrogen-bond donors (Lipinski definition) is 1. The third kappa shape index (κ3) is 3.99. The Bertz CT molecular complexity index is 850. The fraction of sp³-hybridized carbons (Fsp3) is 0.571. The Morgan fingerprint density at radius 2 is 1.97 bits per heavy atom. The summed E-state index contributed by atoms with van der Waals surface area (Å²) in [5.74, 6) is 0.509. The van der Waals surface area contributed by atoms with Gasteiger partial charge in [-0.2, -0.15) is 5.10 Å². The molecule has 9 nitrogen and oxygen atoms in total. The van der Waals surface area contributed by atoms with Crippen molar-refractivity contribution in [1.29, 1.82) is 0 Å². The molecule has 3 amide bonds. The van der Waals surface area contributed by atoms with Crippen LogP contribution in [0.2, 0.25) is 0 Å². The number of amides is 3. The second kappa shape index (κ2) is 8.61. The van der Waals surface area contributed by atoms with Crippen molar-refractivity contribution in [3.05, 3.63) is 23.8 Å². The highest BCUT2D eigenvalue weighted by atomic mass is 16.5. The Balaban J connectivity index is 1.57. The van der Waals surface area contributed by atoms with Gasteiger partial charge in [0.15, 0.2) is 0 Å². The van der Waals surface area contributed by atoms with Gasteiger partial charge >= 0.3 is 6.03 Å². The van der Waals surface area contributed by atoms with Crippen LogP contribution in [-0.4, -0.2) is 95.0 Å². The molecule has 0 aliphatic carbocycles. The molecule has 3 aliphatic rings. The fourth-order valence-electron chi connectivity index (χ4n) is 4.24. The van der Waals surface area contributed by atoms with Crippen LogP contribution in [0.4, 0.5) is 4.79 Å². The third-order valence-corrected chi connectivity index (χ3v) is 5.90. The van der Waals surface area contributed by atoms with Crippen LogP contribution >= 0.6 is 0 Å². The summed E-state index contributed by atoms with van der Waals surface area (Å²) in [5.41, 5.74) is 1.30. The van der Waals surface area contributed by atoms with Crippen LogP contribution in [0.5, 0.6) is 11.5 Å². The highest BCUT2D eigenvalue weighted by Gasteiger charge is 2.43. The Morgan fingerprint density at radius 1 is 1.20 bits per heavy atom. The molecule has 1 aromatic rings. The van der Waals surface area contributed by atoms with Gasteiger partial charge in [-0.1, -0.05) is 13.3 Å². The lowest BCUT2D eigenvalue weighted by Crippen LogP contribution is -2.56. The Hall–Kier alpha value is -2.65. The molecule has 0 saturated carbocycles. The van der Waals surface area contributed by atoms with Gasteiger partial charge < -0.3 is 14.7 Å². The molecule has 0 aromatic heterocycles. The number of urea groups is 1. The second-order valence-electron chi connectivity index (χ2n) is 8.04. The first kappa shape index (κ1) is 20.6. The monoisotopic (exact) mass is 415 g/mol. The smallest absolute Gasteiger partial charge is 0.349 e. The molecule has 1 atom stereocenters. The van der Waals surface area contributed by atoms with Crippen LogP contribution in [0.25, 0.3) is 0 Å². The van der Waals surface area contributed by atoms with Gasteiger partial charge in [-0.3, -0.25) is 9.69 Å². The van der Waals surface area contributed by atoms with Gasteiger partial charge in [0.05, 0.1) is 18.5 Å². The van der Waals surface area contributed by atoms with E-state index in [2.05, 4.69) is 28.9 Å². The van der Waals surface area contributed by atoms with E-state index in [0.29, 0.717) is 30.1 Å². The maximum Gasteiger partial charge on any atom is 0.349 e. The van der Waals surface area contributed by atoms with Gasteiger partial charge in [0, 0.05) is 38.2 Å². The Kier molecular flexibility index (Phi) is 5.92. The molecule has 30 heavy (non-hydrogen) atoms. The largest absolute Gasteiger partial charge is 0.508 e. The minimum Gasteiger partial charge on any atom is -0.508 e. The first-order valence-electron chi connectivity index (χ1n) is 10.6. The first-order valence-corrected chi connectivity index (χ1v) is 10.6. The van der Waals surface area contributed by atoms with Crippen LogP contribution in [0, 0.1) is 0 Å². The van der Waals surface area contributed by atoms with E-state index in [0.717, 1.165) is 39.0 Å². The molecule has 1 N–H and O–H groups in total. The highest BCUT2D eigenvalue weighted by Crippen LogP contribution is 2.30. The number of imide groups is 1. The molecule has 4 rings (SSSR count). The summed E-state index contributed by atoms with van der Waals surface area (Å²) in [7, 11) is 2.08. The topological polar surface area (TPSA) is 88.9 Å². The van der Waals surface area contributed by atoms with E-state index >= 15 is 0 Å². The van der Waals surface area contributed by atoms with Crippen molar-refractivity contribution in [1.82, 2.24) is 19.7 Å². The van der Waals surface area contributed by atoms with E-state index in [1.165, 1.54) is 9.91 Å². The van der Waals surface area contributed by atoms with Gasteiger partial charge in [0.2, 0.25) is 0 Å². The number of ether oxygens (including phenoxy) is 1. The quantitative estimate of drug-likeness (QED) is 0.734. The predicted molar refractivity (Wildman–Crippen MR) is 111 cm³/mol. The molecule has 2 fully saturated rings. The molecule has 3 heterocycles. The van der Waals surface area contributed by atoms with Crippen molar-refractivity contribution in [3.63, 3.8) is 0 Å². The van der Waals surface area contributed by atoms with Crippen LogP contribution in [0.3, 0.4) is 0 Å². The molecule has 162 valence electrons. The summed E-state index contributed by atoms with van der Waals surface area (Å²) in [6.07, 6.45) is 1.90. The molecule has 0 radical (unpaired) electrons. The van der Waals surface area contributed by atoms with Crippen molar-refractivity contribution in [2.75, 3.05) is 46.4 Å². The number of rotatable bonds is 5. The minimum absolute atomic E-state index is 0.0642. The lowest BCUT2D eigenvalue weighted by Gasteiger charge is -2.40. The third-order valence-electron chi connectivity index (χ3n) is 5.90. The minimum atomic E-state index is -0.377. The number of likely N-dealkylation sites (N-methyl/N-ethyl adjacent to an activating group) is 1. The zero-order valence-electron chi connectivity index (χ0n) is 17.6. The predicted octanol–water partition coefficient (Wildman–Crippen LogP) is 1.52. The maximum absolute atomic E-state index is 13.2. The van der Waals surface area contributed by atoms with E-state index < -0.39 is 0 Å². The summed E-state index contributed by atoms with van der Waals surface area (Å²) in [5, 5.41) is 15.6. The van der Waals surface area contributed by atoms with E-state index in [-0.39, 0.29) is 30.4 Å². The number of nitrogens with zero attached hydrogens (tertiary/aromatic N) is 5. The second-order valence-corrected chi connectivity index (χ2v) is 8.04. The zero-order chi connectivity index (χ0) is 21.3. The number of benzene rings is 1. The Labute approximate surface area is 176 Å². The standard InChI is InChI=1S/C21H29N5O4/c1-3-4-19(24-10-8-23(2)9-11-24)26-20(28)14-25(21(26)29)22-17-7-12-30-18-6-5-15(27)13-16(17)18/h5-6,13,19,27H,3-4,7-12,14H2,1-2H3/b22-17+. The van der Waals surface area contributed by atoms with Crippen LogP contribution < -0.4 is 4.74 Å². The van der Waals surface area contributed by atoms with Crippen molar-refractivity contribution in [2.24, 2.45) is 5.10 Å². The van der Waals surface area contributed by atoms with Crippen molar-refractivity contribution < 1.29 is 19.4 Å². The average Bonchev–Trinajstić information content (AvgIpc) is 3.00. The Morgan fingerprint density at radius 3 is 2.70 bits per heavy atom. The number of carbonyl (C=O) groups is 2. The van der Waals surface area contributed by atoms with E-state index in [1.54, 1.807) is 18.2 Å². The van der Waals surface area contributed by atoms with Crippen molar-refractivity contribution in [3.8, 4) is 11.5 Å². The van der Waals surface area contributed by atoms with Gasteiger partial charge in [0.1, 0.15) is 18.0 Å². The molecule has 1 aromatic carbocycles. The number of phenols is 1. The molecule has 0 bridgehead atoms. The molecule has 3 aliphatic heterocycles. The molecule has 2 saturated heterocycles. The lowest BCUT2D eigenvalue weighted by atomic mass is 10.0. The van der Waals surface area contributed by atoms with Gasteiger partial charge in [-0.15, -0.1) is 0 Å². The SMILES string of the molecule is CCCC(N1CCN(C)CC1)N1C(=O)CN(/N=C2\CCOc3ccc(O)cc32)C1=O. The molecule has 0 spiro atoms. The van der Waals surface area contributed by atoms with E-state index in [4.69, 9.17) is 4.74 Å². The first-order chi connectivity index (χ1) is 14.5. The zero-order valence-corrected chi connectivity index (χ0v) is 17.6. The van der Waals surface area contributed by atoms with Crippen molar-refractivity contribution in [2.45, 2.75) is 32.4 Å². The number of phenolic OH excluding ortho intramolecular Hbond substituents is 1. The molecular formula is C21H29N5O4.